The number of carbonyl (C=O) groups excluding carboxylic acids is 1. The van der Waals surface area contributed by atoms with Crippen molar-refractivity contribution in [2.45, 2.75) is 46.7 Å². The molecule has 3 heterocycles. The van der Waals surface area contributed by atoms with Gasteiger partial charge >= 0.3 is 5.97 Å². The van der Waals surface area contributed by atoms with Gasteiger partial charge in [-0.25, -0.2) is 0 Å². The van der Waals surface area contributed by atoms with Gasteiger partial charge in [0.05, 0.1) is 24.4 Å². The number of carbonyl (C=O) groups is 1. The number of nitrogens with zero attached hydrogens (tertiary/aromatic N) is 4. The van der Waals surface area contributed by atoms with E-state index in [-0.39, 0.29) is 24.6 Å². The molecule has 7 nitrogen and oxygen atoms in total. The second kappa shape index (κ2) is 11.1. The fourth-order valence-corrected chi connectivity index (χ4v) is 5.45. The summed E-state index contributed by atoms with van der Waals surface area (Å²) >= 11 is 5.70. The predicted octanol–water partition coefficient (Wildman–Crippen LogP) is 4.87. The van der Waals surface area contributed by atoms with Crippen molar-refractivity contribution in [3.05, 3.63) is 77.4 Å². The van der Waals surface area contributed by atoms with Crippen LogP contribution in [0.4, 0.5) is 5.69 Å². The Kier molecular flexibility index (Phi) is 7.94. The summed E-state index contributed by atoms with van der Waals surface area (Å²) in [4.78, 5) is 21.4. The monoisotopic (exact) mass is 505 g/mol. The average molecular weight is 506 g/mol. The molecule has 1 aliphatic heterocycles. The van der Waals surface area contributed by atoms with Gasteiger partial charge in [-0.3, -0.25) is 9.78 Å². The Morgan fingerprint density at radius 1 is 1.11 bits per heavy atom. The maximum Gasteiger partial charge on any atom is 0.325 e. The topological polar surface area (TPSA) is 62.6 Å². The first-order valence-electron chi connectivity index (χ1n) is 12.6. The van der Waals surface area contributed by atoms with Crippen LogP contribution in [0.3, 0.4) is 0 Å². The van der Waals surface area contributed by atoms with Crippen molar-refractivity contribution in [1.29, 1.82) is 0 Å². The molecule has 1 aromatic carbocycles. The summed E-state index contributed by atoms with van der Waals surface area (Å²) in [7, 11) is 0. The Balaban J connectivity index is 1.76. The number of rotatable bonds is 9. The summed E-state index contributed by atoms with van der Waals surface area (Å²) in [6.07, 6.45) is 1.78. The number of aromatic nitrogens is 2. The number of hydrogen-bond donors (Lipinski definition) is 1. The van der Waals surface area contributed by atoms with Gasteiger partial charge in [0.15, 0.2) is 5.11 Å². The lowest BCUT2D eigenvalue weighted by atomic mass is 9.97. The summed E-state index contributed by atoms with van der Waals surface area (Å²) < 4.78 is 7.53. The Hall–Kier alpha value is -3.39. The van der Waals surface area contributed by atoms with Gasteiger partial charge in [0, 0.05) is 42.0 Å². The van der Waals surface area contributed by atoms with E-state index in [2.05, 4.69) is 77.8 Å². The van der Waals surface area contributed by atoms with Gasteiger partial charge in [0.25, 0.3) is 0 Å². The van der Waals surface area contributed by atoms with E-state index in [0.29, 0.717) is 11.7 Å². The van der Waals surface area contributed by atoms with Crippen LogP contribution >= 0.6 is 12.2 Å². The third-order valence-electron chi connectivity index (χ3n) is 6.83. The van der Waals surface area contributed by atoms with Gasteiger partial charge in [-0.2, -0.15) is 0 Å². The minimum absolute atomic E-state index is 0.0793. The highest BCUT2D eigenvalue weighted by Crippen LogP contribution is 2.41. The van der Waals surface area contributed by atoms with Crippen LogP contribution in [0.1, 0.15) is 55.5 Å². The van der Waals surface area contributed by atoms with Crippen LogP contribution in [0.15, 0.2) is 54.7 Å². The Morgan fingerprint density at radius 3 is 2.44 bits per heavy atom. The Bertz CT molecular complexity index is 1200. The molecule has 1 fully saturated rings. The molecule has 0 amide bonds. The second-order valence-electron chi connectivity index (χ2n) is 8.91. The van der Waals surface area contributed by atoms with E-state index >= 15 is 0 Å². The first kappa shape index (κ1) is 25.7. The zero-order chi connectivity index (χ0) is 25.8. The molecule has 0 bridgehead atoms. The predicted molar refractivity (Wildman–Crippen MR) is 148 cm³/mol. The van der Waals surface area contributed by atoms with E-state index < -0.39 is 0 Å². The lowest BCUT2D eigenvalue weighted by Crippen LogP contribution is -2.35. The Morgan fingerprint density at radius 2 is 1.83 bits per heavy atom. The lowest BCUT2D eigenvalue weighted by Gasteiger charge is -2.27. The molecule has 2 atom stereocenters. The molecule has 1 N–H and O–H groups in total. The van der Waals surface area contributed by atoms with Gasteiger partial charge in [-0.1, -0.05) is 6.07 Å². The molecule has 1 aliphatic rings. The highest BCUT2D eigenvalue weighted by Gasteiger charge is 2.42. The van der Waals surface area contributed by atoms with Crippen LogP contribution in [-0.4, -0.2) is 51.8 Å². The molecular weight excluding hydrogens is 470 g/mol. The maximum atomic E-state index is 12.5. The fraction of sp³-hybridized carbons (Fsp3) is 0.393. The molecule has 0 spiro atoms. The molecule has 8 heteroatoms. The molecule has 4 rings (SSSR count). The Labute approximate surface area is 219 Å². The second-order valence-corrected chi connectivity index (χ2v) is 9.30. The minimum Gasteiger partial charge on any atom is -0.465 e. The first-order valence-corrected chi connectivity index (χ1v) is 13.0. The quantitative estimate of drug-likeness (QED) is 0.329. The highest BCUT2D eigenvalue weighted by molar-refractivity contribution is 7.80. The number of thiocarbonyl (C=S) groups is 1. The third-order valence-corrected chi connectivity index (χ3v) is 7.18. The molecule has 0 aliphatic carbocycles. The van der Waals surface area contributed by atoms with E-state index in [1.165, 1.54) is 5.69 Å². The smallest absolute Gasteiger partial charge is 0.325 e. The van der Waals surface area contributed by atoms with Crippen LogP contribution in [0, 0.1) is 13.8 Å². The maximum absolute atomic E-state index is 12.5. The van der Waals surface area contributed by atoms with Crippen molar-refractivity contribution in [2.24, 2.45) is 0 Å². The van der Waals surface area contributed by atoms with Crippen molar-refractivity contribution in [3.63, 3.8) is 0 Å². The van der Waals surface area contributed by atoms with Crippen molar-refractivity contribution in [3.8, 4) is 5.69 Å². The summed E-state index contributed by atoms with van der Waals surface area (Å²) in [6.45, 7) is 12.7. The summed E-state index contributed by atoms with van der Waals surface area (Å²) in [5.74, 6) is -0.297. The summed E-state index contributed by atoms with van der Waals surface area (Å²) in [6, 6.07) is 16.4. The van der Waals surface area contributed by atoms with Crippen LogP contribution < -0.4 is 10.2 Å². The number of aryl methyl sites for hydroxylation is 1. The molecule has 0 radical (unpaired) electrons. The average Bonchev–Trinajstić information content (AvgIpc) is 3.35. The summed E-state index contributed by atoms with van der Waals surface area (Å²) in [5, 5.41) is 3.94. The van der Waals surface area contributed by atoms with Crippen molar-refractivity contribution >= 4 is 29.0 Å². The van der Waals surface area contributed by atoms with Crippen LogP contribution in [0.25, 0.3) is 5.69 Å². The molecule has 3 aromatic rings. The van der Waals surface area contributed by atoms with Crippen LogP contribution in [-0.2, 0) is 9.53 Å². The van der Waals surface area contributed by atoms with E-state index in [1.54, 1.807) is 6.20 Å². The molecule has 2 unspecified atom stereocenters. The number of nitrogens with one attached hydrogen (secondary N) is 1. The van der Waals surface area contributed by atoms with Crippen LogP contribution in [0.5, 0.6) is 0 Å². The van der Waals surface area contributed by atoms with Crippen LogP contribution in [0.2, 0.25) is 0 Å². The van der Waals surface area contributed by atoms with E-state index in [1.807, 2.05) is 30.0 Å². The van der Waals surface area contributed by atoms with Gasteiger partial charge < -0.3 is 24.4 Å². The number of anilines is 1. The lowest BCUT2D eigenvalue weighted by molar-refractivity contribution is -0.143. The van der Waals surface area contributed by atoms with E-state index in [4.69, 9.17) is 17.0 Å². The fourth-order valence-electron chi connectivity index (χ4n) is 5.15. The van der Waals surface area contributed by atoms with Crippen molar-refractivity contribution < 1.29 is 9.53 Å². The van der Waals surface area contributed by atoms with Crippen molar-refractivity contribution in [2.75, 3.05) is 31.1 Å². The van der Waals surface area contributed by atoms with Gasteiger partial charge in [0.2, 0.25) is 0 Å². The molecule has 2 aromatic heterocycles. The first-order chi connectivity index (χ1) is 17.4. The molecule has 190 valence electrons. The largest absolute Gasteiger partial charge is 0.465 e. The third kappa shape index (κ3) is 4.95. The number of ether oxygens (including phenoxy) is 1. The number of esters is 1. The number of hydrogen-bond acceptors (Lipinski definition) is 5. The minimum atomic E-state index is -0.297. The summed E-state index contributed by atoms with van der Waals surface area (Å²) in [5.41, 5.74) is 6.53. The highest BCUT2D eigenvalue weighted by atomic mass is 32.1. The van der Waals surface area contributed by atoms with E-state index in [0.717, 1.165) is 41.4 Å². The van der Waals surface area contributed by atoms with Gasteiger partial charge in [0.1, 0.15) is 6.54 Å². The number of pyridine rings is 1. The number of benzene rings is 1. The molecular formula is C28H35N5O2S. The molecule has 36 heavy (non-hydrogen) atoms. The SMILES string of the molecule is CCOC(=O)CN1C(=S)NC(c2ccccn2)C1c1cc(C)n(-c2ccc(N(CC)CC)cc2)c1C. The molecule has 0 saturated carbocycles. The van der Waals surface area contributed by atoms with Crippen molar-refractivity contribution in [1.82, 2.24) is 19.8 Å². The van der Waals surface area contributed by atoms with Gasteiger partial charge in [-0.05, 0) is 94.9 Å². The van der Waals surface area contributed by atoms with Gasteiger partial charge in [-0.15, -0.1) is 0 Å². The zero-order valence-electron chi connectivity index (χ0n) is 21.7. The normalized spacial score (nSPS) is 17.2. The standard InChI is InChI=1S/C28H35N5O2S/c1-6-31(7-2)21-12-14-22(15-13-21)33-19(4)17-23(20(33)5)27-26(24-11-9-10-16-29-24)30-28(36)32(27)18-25(34)35-8-3/h9-17,26-27H,6-8,18H2,1-5H3,(H,30,36). The zero-order valence-corrected chi connectivity index (χ0v) is 22.5. The van der Waals surface area contributed by atoms with E-state index in [9.17, 15) is 4.79 Å². The molecule has 1 saturated heterocycles.